The van der Waals surface area contributed by atoms with Crippen LogP contribution in [0.15, 0.2) is 30.5 Å². The Bertz CT molecular complexity index is 2070. The highest BCUT2D eigenvalue weighted by molar-refractivity contribution is 5.83. The molecule has 5 rings (SSSR count). The number of hydrogen-bond donors (Lipinski definition) is 5. The van der Waals surface area contributed by atoms with Crippen molar-refractivity contribution in [3.8, 4) is 5.75 Å². The highest BCUT2D eigenvalue weighted by Gasteiger charge is 2.53. The van der Waals surface area contributed by atoms with E-state index in [2.05, 4.69) is 10.3 Å². The molecule has 5 N–H and O–H groups in total. The predicted molar refractivity (Wildman–Crippen MR) is 262 cm³/mol. The molecule has 0 unspecified atom stereocenters. The molecular formula is C51H83N5O16. The topological polar surface area (TPSA) is 277 Å². The van der Waals surface area contributed by atoms with Gasteiger partial charge in [-0.25, -0.2) is 4.68 Å². The van der Waals surface area contributed by atoms with Crippen molar-refractivity contribution in [1.29, 1.82) is 0 Å². The number of non-ortho nitro benzene ring substituents is 1. The second-order valence-electron chi connectivity index (χ2n) is 21.4. The van der Waals surface area contributed by atoms with Crippen LogP contribution in [0.1, 0.15) is 113 Å². The van der Waals surface area contributed by atoms with Crippen LogP contribution in [-0.4, -0.2) is 180 Å². The first kappa shape index (κ1) is 59.1. The Morgan fingerprint density at radius 2 is 1.71 bits per heavy atom. The third-order valence-corrected chi connectivity index (χ3v) is 15.3. The lowest BCUT2D eigenvalue weighted by atomic mass is 9.74. The van der Waals surface area contributed by atoms with Gasteiger partial charge >= 0.3 is 5.97 Å². The first-order chi connectivity index (χ1) is 33.7. The molecule has 21 nitrogen and oxygen atoms in total. The molecule has 3 fully saturated rings. The van der Waals surface area contributed by atoms with Gasteiger partial charge in [0.05, 0.1) is 83.6 Å². The second kappa shape index (κ2) is 25.2. The molecule has 3 aliphatic rings. The average molecular weight is 1020 g/mol. The van der Waals surface area contributed by atoms with Crippen molar-refractivity contribution >= 4 is 17.4 Å². The first-order valence-corrected chi connectivity index (χ1v) is 25.6. The van der Waals surface area contributed by atoms with E-state index < -0.39 is 124 Å². The van der Waals surface area contributed by atoms with Crippen molar-refractivity contribution in [1.82, 2.24) is 19.9 Å². The van der Waals surface area contributed by atoms with Crippen molar-refractivity contribution in [2.24, 2.45) is 23.7 Å². The predicted octanol–water partition coefficient (Wildman–Crippen LogP) is 3.80. The number of esters is 1. The number of Topliss-reactive ketones (excluding diaryl/α,β-unsaturated/α-hetero) is 1. The van der Waals surface area contributed by atoms with Gasteiger partial charge < -0.3 is 63.6 Å². The number of likely N-dealkylation sites (N-methyl/N-ethyl adjacent to an activating group) is 1. The van der Waals surface area contributed by atoms with Gasteiger partial charge in [0.15, 0.2) is 6.29 Å². The van der Waals surface area contributed by atoms with E-state index in [1.165, 1.54) is 40.0 Å². The van der Waals surface area contributed by atoms with Crippen LogP contribution in [0.25, 0.3) is 0 Å². The number of benzene rings is 1. The molecule has 3 saturated heterocycles. The van der Waals surface area contributed by atoms with Crippen LogP contribution in [0.4, 0.5) is 5.69 Å². The van der Waals surface area contributed by atoms with E-state index in [4.69, 9.17) is 33.2 Å². The fourth-order valence-electron chi connectivity index (χ4n) is 10.9. The largest absolute Gasteiger partial charge is 0.491 e. The average Bonchev–Trinajstić information content (AvgIpc) is 3.78. The van der Waals surface area contributed by atoms with Crippen molar-refractivity contribution in [3.63, 3.8) is 0 Å². The SMILES string of the molecule is CCC[C@H]1OC(=O)[C@H](C)[C@@H](OC[C@H]2C[C@@](C)(OC)[C@@H](O)[C@H](C)O2)[C@H](C)[C@@H](O[C@@H]2O[C@H](C)C[C@H](N(C)CCCc3cn(CCOc4cccc([N+](=O)[O-])c4)nn3)[C@H]2O)[C@](C)(O)C[C@@H](C)C(=O)[C@H](C)[C@@H](O)[C@]1(C)O. The number of aromatic nitrogens is 3. The number of methoxy groups -OCH3 is 1. The zero-order valence-electron chi connectivity index (χ0n) is 44.3. The normalized spacial score (nSPS) is 38.6. The number of hydrogen-bond acceptors (Lipinski definition) is 19. The van der Waals surface area contributed by atoms with Gasteiger partial charge in [-0.15, -0.1) is 5.10 Å². The third-order valence-electron chi connectivity index (χ3n) is 15.3. The molecule has 72 heavy (non-hydrogen) atoms. The summed E-state index contributed by atoms with van der Waals surface area (Å²) in [6.07, 6.45) is -5.97. The molecule has 0 aliphatic carbocycles. The van der Waals surface area contributed by atoms with Crippen LogP contribution >= 0.6 is 0 Å². The molecule has 3 aliphatic heterocycles. The number of ketones is 1. The van der Waals surface area contributed by atoms with E-state index in [9.17, 15) is 45.2 Å². The minimum Gasteiger partial charge on any atom is -0.491 e. The standard InChI is InChI=1S/C51H83N5O16/c1-13-16-40-51(10,63)44(59)31(4)41(57)29(2)25-49(8,62)46(32(5)43(33(6)47(61)71-40)68-28-38-26-50(9,66-12)45(60)34(7)70-38)72-48-42(58)39(23-30(3)69-48)54(11)20-15-17-35-27-55(53-52-35)21-22-67-37-19-14-18-36(24-37)56(64)65/h14,18-19,24,27,29-34,38-40,42-46,48,58-60,62-63H,13,15-17,20-23,25-26,28H2,1-12H3/t29-,30-,31+,32+,33-,34+,38-,39+,40-,42-,43+,44-,45+,46-,48+,49-,50-,51-/m1/s1. The lowest BCUT2D eigenvalue weighted by Crippen LogP contribution is -2.61. The molecule has 21 heteroatoms. The van der Waals surface area contributed by atoms with Gasteiger partial charge in [0.1, 0.15) is 42.1 Å². The van der Waals surface area contributed by atoms with Gasteiger partial charge in [-0.2, -0.15) is 0 Å². The fraction of sp³-hybridized carbons (Fsp3) is 0.804. The van der Waals surface area contributed by atoms with Crippen LogP contribution in [0.2, 0.25) is 0 Å². The Hall–Kier alpha value is -3.74. The smallest absolute Gasteiger partial charge is 0.311 e. The molecule has 0 spiro atoms. The summed E-state index contributed by atoms with van der Waals surface area (Å²) in [6.45, 7) is 17.7. The molecule has 1 aromatic carbocycles. The van der Waals surface area contributed by atoms with E-state index in [1.807, 2.05) is 32.0 Å². The van der Waals surface area contributed by atoms with Gasteiger partial charge in [-0.1, -0.05) is 45.4 Å². The molecule has 2 aromatic rings. The maximum Gasteiger partial charge on any atom is 0.311 e. The van der Waals surface area contributed by atoms with E-state index in [0.717, 1.165) is 5.69 Å². The number of aliphatic hydroxyl groups is 5. The molecule has 1 aromatic heterocycles. The van der Waals surface area contributed by atoms with Gasteiger partial charge in [-0.05, 0) is 93.3 Å². The van der Waals surface area contributed by atoms with Crippen molar-refractivity contribution in [3.05, 3.63) is 46.3 Å². The first-order valence-electron chi connectivity index (χ1n) is 25.6. The number of nitro benzene ring substituents is 1. The summed E-state index contributed by atoms with van der Waals surface area (Å²) >= 11 is 0. The van der Waals surface area contributed by atoms with E-state index >= 15 is 0 Å². The molecular weight excluding hydrogens is 939 g/mol. The van der Waals surface area contributed by atoms with Crippen LogP contribution in [0, 0.1) is 33.8 Å². The third kappa shape index (κ3) is 14.3. The zero-order valence-corrected chi connectivity index (χ0v) is 44.3. The Labute approximate surface area is 423 Å². The molecule has 18 atom stereocenters. The number of cyclic esters (lactones) is 1. The molecule has 0 radical (unpaired) electrons. The van der Waals surface area contributed by atoms with Crippen molar-refractivity contribution in [2.75, 3.05) is 33.9 Å². The maximum absolute atomic E-state index is 14.4. The summed E-state index contributed by atoms with van der Waals surface area (Å²) in [4.78, 5) is 41.2. The van der Waals surface area contributed by atoms with Crippen LogP contribution in [0.3, 0.4) is 0 Å². The Balaban J connectivity index is 1.37. The van der Waals surface area contributed by atoms with Gasteiger partial charge in [0.25, 0.3) is 5.69 Å². The molecule has 0 bridgehead atoms. The minimum atomic E-state index is -2.02. The number of nitrogens with zero attached hydrogens (tertiary/aromatic N) is 5. The summed E-state index contributed by atoms with van der Waals surface area (Å²) in [6, 6.07) is 5.51. The number of rotatable bonds is 18. The highest BCUT2D eigenvalue weighted by Crippen LogP contribution is 2.40. The number of carbonyl (C=O) groups excluding carboxylic acids is 2. The van der Waals surface area contributed by atoms with Gasteiger partial charge in [-0.3, -0.25) is 19.7 Å². The fourth-order valence-corrected chi connectivity index (χ4v) is 10.9. The number of carbonyl (C=O) groups is 2. The van der Waals surface area contributed by atoms with Crippen LogP contribution < -0.4 is 4.74 Å². The van der Waals surface area contributed by atoms with Gasteiger partial charge in [0.2, 0.25) is 0 Å². The number of aliphatic hydroxyl groups excluding tert-OH is 3. The van der Waals surface area contributed by atoms with E-state index in [-0.39, 0.29) is 38.2 Å². The molecule has 4 heterocycles. The minimum absolute atomic E-state index is 0.0607. The Morgan fingerprint density at radius 3 is 2.38 bits per heavy atom. The Morgan fingerprint density at radius 1 is 1.00 bits per heavy atom. The second-order valence-corrected chi connectivity index (χ2v) is 21.4. The van der Waals surface area contributed by atoms with Crippen molar-refractivity contribution < 1.29 is 73.2 Å². The van der Waals surface area contributed by atoms with E-state index in [0.29, 0.717) is 44.5 Å². The zero-order chi connectivity index (χ0) is 53.5. The summed E-state index contributed by atoms with van der Waals surface area (Å²) in [5, 5.41) is 78.9. The highest BCUT2D eigenvalue weighted by atomic mass is 16.7. The number of nitro groups is 1. The van der Waals surface area contributed by atoms with E-state index in [1.54, 1.807) is 51.4 Å². The molecule has 0 saturated carbocycles. The monoisotopic (exact) mass is 1020 g/mol. The summed E-state index contributed by atoms with van der Waals surface area (Å²) in [5.41, 5.74) is -4.16. The summed E-state index contributed by atoms with van der Waals surface area (Å²) in [5.74, 6) is -4.73. The Kier molecular flexibility index (Phi) is 20.7. The number of ether oxygens (including phenoxy) is 7. The van der Waals surface area contributed by atoms with Crippen LogP contribution in [-0.2, 0) is 51.0 Å². The lowest BCUT2D eigenvalue weighted by Gasteiger charge is -2.48. The van der Waals surface area contributed by atoms with Gasteiger partial charge in [0, 0.05) is 49.6 Å². The molecule has 408 valence electrons. The lowest BCUT2D eigenvalue weighted by molar-refractivity contribution is -0.384. The van der Waals surface area contributed by atoms with Crippen molar-refractivity contribution in [2.45, 2.75) is 205 Å². The van der Waals surface area contributed by atoms with Crippen LogP contribution in [0.5, 0.6) is 5.75 Å². The summed E-state index contributed by atoms with van der Waals surface area (Å²) < 4.78 is 45.2. The quantitative estimate of drug-likeness (QED) is 0.0807. The summed E-state index contributed by atoms with van der Waals surface area (Å²) in [7, 11) is 3.41. The number of aryl methyl sites for hydroxylation is 1. The molecule has 0 amide bonds. The maximum atomic E-state index is 14.4.